The summed E-state index contributed by atoms with van der Waals surface area (Å²) >= 11 is 7.73. The van der Waals surface area contributed by atoms with Gasteiger partial charge in [0.05, 0.1) is 11.1 Å². The Labute approximate surface area is 137 Å². The second-order valence-electron chi connectivity index (χ2n) is 5.64. The van der Waals surface area contributed by atoms with Crippen molar-refractivity contribution in [1.82, 2.24) is 9.55 Å². The fourth-order valence-corrected chi connectivity index (χ4v) is 4.54. The smallest absolute Gasteiger partial charge is 0.266 e. The van der Waals surface area contributed by atoms with Crippen LogP contribution in [0.5, 0.6) is 0 Å². The standard InChI is InChI=1S/C17H15ClN2OS/c18-11-5-4-6-12(9-11)20-10-19-16-15(17(20)21)13-7-2-1-3-8-14(13)22-16/h4-6,9-10H,1-3,7-8H2. The molecule has 5 heteroatoms. The van der Waals surface area contributed by atoms with Crippen molar-refractivity contribution in [2.24, 2.45) is 0 Å². The van der Waals surface area contributed by atoms with Gasteiger partial charge in [-0.2, -0.15) is 0 Å². The third-order valence-corrected chi connectivity index (χ3v) is 5.65. The molecule has 22 heavy (non-hydrogen) atoms. The van der Waals surface area contributed by atoms with Gasteiger partial charge in [0.25, 0.3) is 5.56 Å². The van der Waals surface area contributed by atoms with Gasteiger partial charge >= 0.3 is 0 Å². The van der Waals surface area contributed by atoms with E-state index in [1.54, 1.807) is 34.4 Å². The van der Waals surface area contributed by atoms with E-state index in [1.165, 1.54) is 23.3 Å². The first kappa shape index (κ1) is 14.0. The number of benzene rings is 1. The van der Waals surface area contributed by atoms with Crippen LogP contribution in [0.25, 0.3) is 15.9 Å². The summed E-state index contributed by atoms with van der Waals surface area (Å²) in [6.07, 6.45) is 7.29. The molecular formula is C17H15ClN2OS. The largest absolute Gasteiger partial charge is 0.268 e. The maximum absolute atomic E-state index is 13.0. The Morgan fingerprint density at radius 2 is 2.05 bits per heavy atom. The third-order valence-electron chi connectivity index (χ3n) is 4.21. The number of fused-ring (bicyclic) bond motifs is 3. The summed E-state index contributed by atoms with van der Waals surface area (Å²) < 4.78 is 1.60. The number of hydrogen-bond donors (Lipinski definition) is 0. The van der Waals surface area contributed by atoms with E-state index in [-0.39, 0.29) is 5.56 Å². The molecule has 0 N–H and O–H groups in total. The lowest BCUT2D eigenvalue weighted by Crippen LogP contribution is -2.19. The fourth-order valence-electron chi connectivity index (χ4n) is 3.13. The highest BCUT2D eigenvalue weighted by Crippen LogP contribution is 2.32. The van der Waals surface area contributed by atoms with Crippen LogP contribution in [0.15, 0.2) is 35.4 Å². The lowest BCUT2D eigenvalue weighted by molar-refractivity contribution is 0.713. The fraction of sp³-hybridized carbons (Fsp3) is 0.294. The lowest BCUT2D eigenvalue weighted by atomic mass is 10.1. The third kappa shape index (κ3) is 2.27. The summed E-state index contributed by atoms with van der Waals surface area (Å²) in [5.74, 6) is 0. The van der Waals surface area contributed by atoms with Crippen molar-refractivity contribution < 1.29 is 0 Å². The normalized spacial score (nSPS) is 14.8. The summed E-state index contributed by atoms with van der Waals surface area (Å²) in [7, 11) is 0. The molecular weight excluding hydrogens is 316 g/mol. The molecule has 0 fully saturated rings. The molecule has 0 spiro atoms. The predicted octanol–water partition coefficient (Wildman–Crippen LogP) is 4.37. The van der Waals surface area contributed by atoms with Gasteiger partial charge in [0, 0.05) is 9.90 Å². The summed E-state index contributed by atoms with van der Waals surface area (Å²) in [6, 6.07) is 7.33. The molecule has 0 aliphatic heterocycles. The van der Waals surface area contributed by atoms with Crippen LogP contribution in [0.3, 0.4) is 0 Å². The van der Waals surface area contributed by atoms with Crippen LogP contribution in [0.1, 0.15) is 29.7 Å². The van der Waals surface area contributed by atoms with Gasteiger partial charge in [0.15, 0.2) is 0 Å². The number of nitrogens with zero attached hydrogens (tertiary/aromatic N) is 2. The molecule has 3 aromatic rings. The first-order valence-corrected chi connectivity index (χ1v) is 8.71. The van der Waals surface area contributed by atoms with Crippen LogP contribution in [0, 0.1) is 0 Å². The first-order valence-electron chi connectivity index (χ1n) is 7.52. The molecule has 4 rings (SSSR count). The Morgan fingerprint density at radius 1 is 1.18 bits per heavy atom. The highest BCUT2D eigenvalue weighted by atomic mass is 35.5. The topological polar surface area (TPSA) is 34.9 Å². The molecule has 0 saturated heterocycles. The minimum absolute atomic E-state index is 0.0201. The molecule has 1 aliphatic carbocycles. The van der Waals surface area contributed by atoms with E-state index in [4.69, 9.17) is 11.6 Å². The van der Waals surface area contributed by atoms with Gasteiger partial charge in [-0.25, -0.2) is 4.98 Å². The van der Waals surface area contributed by atoms with Crippen molar-refractivity contribution in [2.75, 3.05) is 0 Å². The number of thiophene rings is 1. The van der Waals surface area contributed by atoms with Gasteiger partial charge in [-0.05, 0) is 49.4 Å². The van der Waals surface area contributed by atoms with Crippen LogP contribution in [-0.4, -0.2) is 9.55 Å². The van der Waals surface area contributed by atoms with Gasteiger partial charge < -0.3 is 0 Å². The average molecular weight is 331 g/mol. The Balaban J connectivity index is 1.97. The SMILES string of the molecule is O=c1c2c3c(sc2ncn1-c1cccc(Cl)c1)CCCCC3. The number of aromatic nitrogens is 2. The molecule has 0 atom stereocenters. The van der Waals surface area contributed by atoms with E-state index in [2.05, 4.69) is 4.98 Å². The number of hydrogen-bond acceptors (Lipinski definition) is 3. The summed E-state index contributed by atoms with van der Waals surface area (Å²) in [5.41, 5.74) is 2.01. The van der Waals surface area contributed by atoms with Crippen molar-refractivity contribution in [2.45, 2.75) is 32.1 Å². The van der Waals surface area contributed by atoms with E-state index in [9.17, 15) is 4.79 Å². The van der Waals surface area contributed by atoms with Gasteiger partial charge in [-0.3, -0.25) is 9.36 Å². The molecule has 1 aliphatic rings. The molecule has 112 valence electrons. The van der Waals surface area contributed by atoms with Gasteiger partial charge in [-0.1, -0.05) is 24.1 Å². The molecule has 2 aromatic heterocycles. The molecule has 1 aromatic carbocycles. The number of aryl methyl sites for hydroxylation is 2. The highest BCUT2D eigenvalue weighted by molar-refractivity contribution is 7.18. The molecule has 0 bridgehead atoms. The Kier molecular flexibility index (Phi) is 3.51. The van der Waals surface area contributed by atoms with Crippen molar-refractivity contribution in [3.8, 4) is 5.69 Å². The second-order valence-corrected chi connectivity index (χ2v) is 7.16. The van der Waals surface area contributed by atoms with Gasteiger partial charge in [0.2, 0.25) is 0 Å². The summed E-state index contributed by atoms with van der Waals surface area (Å²) in [4.78, 5) is 19.7. The number of rotatable bonds is 1. The predicted molar refractivity (Wildman–Crippen MR) is 91.5 cm³/mol. The lowest BCUT2D eigenvalue weighted by Gasteiger charge is -2.06. The Bertz CT molecular complexity index is 913. The summed E-state index contributed by atoms with van der Waals surface area (Å²) in [5, 5.41) is 1.43. The zero-order chi connectivity index (χ0) is 15.1. The van der Waals surface area contributed by atoms with Crippen LogP contribution >= 0.6 is 22.9 Å². The molecule has 2 heterocycles. The second kappa shape index (κ2) is 5.52. The summed E-state index contributed by atoms with van der Waals surface area (Å²) in [6.45, 7) is 0. The van der Waals surface area contributed by atoms with Crippen molar-refractivity contribution >= 4 is 33.2 Å². The van der Waals surface area contributed by atoms with Crippen molar-refractivity contribution in [3.05, 3.63) is 56.4 Å². The maximum Gasteiger partial charge on any atom is 0.266 e. The molecule has 0 saturated carbocycles. The van der Waals surface area contributed by atoms with E-state index in [1.807, 2.05) is 12.1 Å². The zero-order valence-corrected chi connectivity index (χ0v) is 13.6. The average Bonchev–Trinajstić information content (AvgIpc) is 2.70. The zero-order valence-electron chi connectivity index (χ0n) is 12.0. The minimum Gasteiger partial charge on any atom is -0.268 e. The van der Waals surface area contributed by atoms with Crippen LogP contribution in [0.4, 0.5) is 0 Å². The van der Waals surface area contributed by atoms with E-state index < -0.39 is 0 Å². The highest BCUT2D eigenvalue weighted by Gasteiger charge is 2.19. The van der Waals surface area contributed by atoms with Crippen LogP contribution in [0.2, 0.25) is 5.02 Å². The first-order chi connectivity index (χ1) is 10.7. The number of halogens is 1. The van der Waals surface area contributed by atoms with Gasteiger partial charge in [-0.15, -0.1) is 11.3 Å². The molecule has 0 amide bonds. The van der Waals surface area contributed by atoms with Crippen molar-refractivity contribution in [1.29, 1.82) is 0 Å². The monoisotopic (exact) mass is 330 g/mol. The van der Waals surface area contributed by atoms with Crippen molar-refractivity contribution in [3.63, 3.8) is 0 Å². The van der Waals surface area contributed by atoms with E-state index >= 15 is 0 Å². The van der Waals surface area contributed by atoms with Crippen LogP contribution in [-0.2, 0) is 12.8 Å². The quantitative estimate of drug-likeness (QED) is 0.621. The minimum atomic E-state index is 0.0201. The maximum atomic E-state index is 13.0. The Morgan fingerprint density at radius 3 is 2.91 bits per heavy atom. The Hall–Kier alpha value is -1.65. The van der Waals surface area contributed by atoms with Crippen LogP contribution < -0.4 is 5.56 Å². The van der Waals surface area contributed by atoms with Gasteiger partial charge in [0.1, 0.15) is 11.2 Å². The molecule has 3 nitrogen and oxygen atoms in total. The van der Waals surface area contributed by atoms with E-state index in [0.29, 0.717) is 5.02 Å². The molecule has 0 radical (unpaired) electrons. The van der Waals surface area contributed by atoms with E-state index in [0.717, 1.165) is 35.2 Å². The molecule has 0 unspecified atom stereocenters.